The Balaban J connectivity index is 1.97. The van der Waals surface area contributed by atoms with Gasteiger partial charge in [0.2, 0.25) is 11.7 Å². The van der Waals surface area contributed by atoms with Crippen molar-refractivity contribution in [3.63, 3.8) is 0 Å². The van der Waals surface area contributed by atoms with Crippen molar-refractivity contribution in [2.45, 2.75) is 23.2 Å². The molecule has 1 aliphatic rings. The van der Waals surface area contributed by atoms with Crippen LogP contribution in [0, 0.1) is 10.1 Å². The van der Waals surface area contributed by atoms with Crippen LogP contribution in [0.25, 0.3) is 0 Å². The monoisotopic (exact) mass is 416 g/mol. The molecule has 0 saturated heterocycles. The molecule has 8 nitrogen and oxygen atoms in total. The van der Waals surface area contributed by atoms with Crippen LogP contribution in [0.4, 0.5) is 24.5 Å². The summed E-state index contributed by atoms with van der Waals surface area (Å²) in [6.45, 7) is 0. The van der Waals surface area contributed by atoms with Gasteiger partial charge in [0.1, 0.15) is 5.75 Å². The number of anilines is 1. The van der Waals surface area contributed by atoms with Crippen LogP contribution in [-0.2, 0) is 21.1 Å². The lowest BCUT2D eigenvalue weighted by atomic mass is 10.0. The van der Waals surface area contributed by atoms with Gasteiger partial charge in [0, 0.05) is 18.2 Å². The molecule has 12 heteroatoms. The van der Waals surface area contributed by atoms with Crippen LogP contribution in [0.5, 0.6) is 11.5 Å². The molecule has 2 aromatic carbocycles. The number of carbonyl (C=O) groups is 1. The van der Waals surface area contributed by atoms with Crippen molar-refractivity contribution in [2.24, 2.45) is 0 Å². The molecule has 3 rings (SSSR count). The van der Waals surface area contributed by atoms with Crippen molar-refractivity contribution in [2.75, 3.05) is 5.32 Å². The van der Waals surface area contributed by atoms with E-state index in [1.807, 2.05) is 0 Å². The Morgan fingerprint density at radius 3 is 2.46 bits per heavy atom. The van der Waals surface area contributed by atoms with Crippen molar-refractivity contribution in [1.29, 1.82) is 0 Å². The van der Waals surface area contributed by atoms with Crippen LogP contribution in [0.2, 0.25) is 0 Å². The van der Waals surface area contributed by atoms with Crippen molar-refractivity contribution in [3.8, 4) is 11.5 Å². The van der Waals surface area contributed by atoms with E-state index in [-0.39, 0.29) is 18.1 Å². The molecule has 2 aromatic rings. The van der Waals surface area contributed by atoms with Gasteiger partial charge < -0.3 is 10.1 Å². The average molecular weight is 416 g/mol. The van der Waals surface area contributed by atoms with E-state index < -0.39 is 36.6 Å². The largest absolute Gasteiger partial charge is 0.501 e. The number of nitrogens with one attached hydrogen (secondary N) is 1. The Morgan fingerprint density at radius 1 is 1.11 bits per heavy atom. The van der Waals surface area contributed by atoms with Crippen LogP contribution in [0.1, 0.15) is 12.0 Å². The predicted molar refractivity (Wildman–Crippen MR) is 89.8 cm³/mol. The first kappa shape index (κ1) is 19.6. The van der Waals surface area contributed by atoms with E-state index in [1.54, 1.807) is 0 Å². The number of sulfone groups is 1. The summed E-state index contributed by atoms with van der Waals surface area (Å²) in [6, 6.07) is 6.14. The predicted octanol–water partition coefficient (Wildman–Crippen LogP) is 3.57. The van der Waals surface area contributed by atoms with Crippen LogP contribution < -0.4 is 10.1 Å². The van der Waals surface area contributed by atoms with Gasteiger partial charge in [-0.05, 0) is 42.3 Å². The van der Waals surface area contributed by atoms with Crippen molar-refractivity contribution >= 4 is 27.1 Å². The number of benzene rings is 2. The normalized spacial score (nSPS) is 14.2. The number of nitro groups is 1. The lowest BCUT2D eigenvalue weighted by molar-refractivity contribution is -0.385. The SMILES string of the molecule is O=C1CCc2cc(Oc3ccc(S(=O)(=O)C(F)(F)F)cc3[N+](=O)[O-])ccc2N1. The number of halogens is 3. The molecule has 0 fully saturated rings. The van der Waals surface area contributed by atoms with Gasteiger partial charge in [-0.15, -0.1) is 0 Å². The number of ether oxygens (including phenoxy) is 1. The number of carbonyl (C=O) groups excluding carboxylic acids is 1. The summed E-state index contributed by atoms with van der Waals surface area (Å²) < 4.78 is 66.3. The number of hydrogen-bond donors (Lipinski definition) is 1. The molecule has 1 amide bonds. The highest BCUT2D eigenvalue weighted by Crippen LogP contribution is 2.38. The zero-order chi connectivity index (χ0) is 20.7. The minimum Gasteiger partial charge on any atom is -0.450 e. The van der Waals surface area contributed by atoms with Crippen LogP contribution in [0.3, 0.4) is 0 Å². The van der Waals surface area contributed by atoms with E-state index >= 15 is 0 Å². The van der Waals surface area contributed by atoms with Crippen LogP contribution >= 0.6 is 0 Å². The molecular weight excluding hydrogens is 405 g/mol. The second-order valence-corrected chi connectivity index (χ2v) is 7.75. The number of nitrogens with zero attached hydrogens (tertiary/aromatic N) is 1. The van der Waals surface area contributed by atoms with Gasteiger partial charge >= 0.3 is 11.2 Å². The lowest BCUT2D eigenvalue weighted by Gasteiger charge is -2.17. The summed E-state index contributed by atoms with van der Waals surface area (Å²) in [5.74, 6) is -0.436. The highest BCUT2D eigenvalue weighted by Gasteiger charge is 2.47. The van der Waals surface area contributed by atoms with Gasteiger partial charge in [0.25, 0.3) is 9.84 Å². The van der Waals surface area contributed by atoms with E-state index in [2.05, 4.69) is 5.32 Å². The zero-order valence-electron chi connectivity index (χ0n) is 13.8. The summed E-state index contributed by atoms with van der Waals surface area (Å²) >= 11 is 0. The van der Waals surface area contributed by atoms with Crippen molar-refractivity contribution in [3.05, 3.63) is 52.1 Å². The van der Waals surface area contributed by atoms with Crippen molar-refractivity contribution < 1.29 is 36.0 Å². The lowest BCUT2D eigenvalue weighted by Crippen LogP contribution is -2.23. The fraction of sp³-hybridized carbons (Fsp3) is 0.188. The molecule has 1 heterocycles. The standard InChI is InChI=1S/C16H11F3N2O6S/c17-16(18,19)28(25,26)11-3-5-14(13(8-11)21(23)24)27-10-2-4-12-9(7-10)1-6-15(22)20-12/h2-5,7-8H,1,6H2,(H,20,22). The first-order chi connectivity index (χ1) is 13.0. The molecule has 0 saturated carbocycles. The third-order valence-corrected chi connectivity index (χ3v) is 5.43. The molecule has 0 atom stereocenters. The quantitative estimate of drug-likeness (QED) is 0.602. The Bertz CT molecular complexity index is 1080. The number of alkyl halides is 3. The van der Waals surface area contributed by atoms with Gasteiger partial charge in [0.05, 0.1) is 9.82 Å². The number of fused-ring (bicyclic) bond motifs is 1. The molecule has 28 heavy (non-hydrogen) atoms. The van der Waals surface area contributed by atoms with Gasteiger partial charge in [-0.25, -0.2) is 8.42 Å². The molecule has 0 aromatic heterocycles. The summed E-state index contributed by atoms with van der Waals surface area (Å²) in [7, 11) is -5.74. The minimum absolute atomic E-state index is 0.143. The molecule has 0 bridgehead atoms. The van der Waals surface area contributed by atoms with Gasteiger partial charge in [-0.2, -0.15) is 13.2 Å². The van der Waals surface area contributed by atoms with E-state index in [4.69, 9.17) is 4.74 Å². The topological polar surface area (TPSA) is 116 Å². The second-order valence-electron chi connectivity index (χ2n) is 5.81. The molecule has 0 aliphatic carbocycles. The van der Waals surface area contributed by atoms with E-state index in [9.17, 15) is 36.5 Å². The highest BCUT2D eigenvalue weighted by molar-refractivity contribution is 7.92. The van der Waals surface area contributed by atoms with E-state index in [0.29, 0.717) is 24.2 Å². The molecule has 0 spiro atoms. The first-order valence-corrected chi connectivity index (χ1v) is 9.18. The summed E-state index contributed by atoms with van der Waals surface area (Å²) in [4.78, 5) is 20.3. The van der Waals surface area contributed by atoms with Crippen LogP contribution in [0.15, 0.2) is 41.3 Å². The molecule has 1 N–H and O–H groups in total. The van der Waals surface area contributed by atoms with Gasteiger partial charge in [-0.1, -0.05) is 0 Å². The average Bonchev–Trinajstić information content (AvgIpc) is 2.61. The smallest absolute Gasteiger partial charge is 0.450 e. The summed E-state index contributed by atoms with van der Waals surface area (Å²) in [6.07, 6.45) is 0.670. The zero-order valence-corrected chi connectivity index (χ0v) is 14.6. The summed E-state index contributed by atoms with van der Waals surface area (Å²) in [5, 5.41) is 13.9. The van der Waals surface area contributed by atoms with E-state index in [1.165, 1.54) is 18.2 Å². The van der Waals surface area contributed by atoms with Gasteiger partial charge in [0.15, 0.2) is 0 Å². The maximum atomic E-state index is 12.7. The van der Waals surface area contributed by atoms with E-state index in [0.717, 1.165) is 11.6 Å². The Morgan fingerprint density at radius 2 is 1.82 bits per heavy atom. The van der Waals surface area contributed by atoms with Crippen molar-refractivity contribution in [1.82, 2.24) is 0 Å². The number of aryl methyl sites for hydroxylation is 1. The summed E-state index contributed by atoms with van der Waals surface area (Å²) in [5.41, 5.74) is -5.25. The Hall–Kier alpha value is -3.15. The molecule has 148 valence electrons. The number of nitro benzene ring substituents is 1. The first-order valence-electron chi connectivity index (χ1n) is 7.69. The third-order valence-electron chi connectivity index (χ3n) is 3.94. The Kier molecular flexibility index (Phi) is 4.75. The number of hydrogen-bond acceptors (Lipinski definition) is 6. The second kappa shape index (κ2) is 6.78. The number of rotatable bonds is 4. The fourth-order valence-corrected chi connectivity index (χ4v) is 3.36. The molecule has 0 radical (unpaired) electrons. The van der Waals surface area contributed by atoms with Gasteiger partial charge in [-0.3, -0.25) is 14.9 Å². The third kappa shape index (κ3) is 3.63. The Labute approximate surface area is 156 Å². The fourth-order valence-electron chi connectivity index (χ4n) is 2.58. The minimum atomic E-state index is -5.74. The van der Waals surface area contributed by atoms with Crippen LogP contribution in [-0.4, -0.2) is 24.8 Å². The molecule has 0 unspecified atom stereocenters. The number of amides is 1. The molecule has 1 aliphatic heterocycles. The maximum Gasteiger partial charge on any atom is 0.501 e. The highest BCUT2D eigenvalue weighted by atomic mass is 32.2. The molecular formula is C16H11F3N2O6S. The maximum absolute atomic E-state index is 12.7.